The first-order chi connectivity index (χ1) is 16.7. The molecule has 2 aromatic carbocycles. The molecule has 0 bridgehead atoms. The number of benzene rings is 2. The molecular weight excluding hydrogens is 463 g/mol. The minimum Gasteiger partial charge on any atom is -0.489 e. The lowest BCUT2D eigenvalue weighted by atomic mass is 10.2. The molecule has 0 amide bonds. The van der Waals surface area contributed by atoms with Gasteiger partial charge in [0.2, 0.25) is 5.96 Å². The van der Waals surface area contributed by atoms with Crippen molar-refractivity contribution in [2.45, 2.75) is 39.0 Å². The lowest BCUT2D eigenvalue weighted by molar-refractivity contribution is -0.192. The lowest BCUT2D eigenvalue weighted by Crippen LogP contribution is -2.31. The van der Waals surface area contributed by atoms with Crippen LogP contribution in [0.3, 0.4) is 0 Å². The van der Waals surface area contributed by atoms with Crippen molar-refractivity contribution >= 4 is 29.0 Å². The van der Waals surface area contributed by atoms with E-state index in [1.54, 1.807) is 6.21 Å². The Hall–Kier alpha value is -4.02. The van der Waals surface area contributed by atoms with Gasteiger partial charge in [-0.2, -0.15) is 18.3 Å². The number of ether oxygens (including phenoxy) is 1. The number of unbranched alkanes of at least 4 members (excludes halogenated alkanes) is 2. The summed E-state index contributed by atoms with van der Waals surface area (Å²) in [7, 11) is 0. The van der Waals surface area contributed by atoms with Crippen LogP contribution in [0.1, 0.15) is 37.3 Å². The number of hydrogen-bond donors (Lipinski definition) is 4. The van der Waals surface area contributed by atoms with Crippen molar-refractivity contribution < 1.29 is 27.8 Å². The first-order valence-corrected chi connectivity index (χ1v) is 10.9. The molecule has 0 unspecified atom stereocenters. The number of H-pyrrole nitrogens is 1. The number of hydrogen-bond acceptors (Lipinski definition) is 4. The monoisotopic (exact) mass is 491 g/mol. The molecule has 8 nitrogen and oxygen atoms in total. The molecule has 1 aromatic heterocycles. The van der Waals surface area contributed by atoms with Crippen LogP contribution in [0.15, 0.2) is 64.9 Å². The molecule has 5 N–H and O–H groups in total. The third kappa shape index (κ3) is 9.78. The van der Waals surface area contributed by atoms with Gasteiger partial charge in [-0.05, 0) is 30.2 Å². The Morgan fingerprint density at radius 1 is 1.20 bits per heavy atom. The van der Waals surface area contributed by atoms with E-state index >= 15 is 0 Å². The number of alkyl halides is 3. The number of carboxylic acids is 1. The van der Waals surface area contributed by atoms with Gasteiger partial charge in [-0.25, -0.2) is 4.79 Å². The number of aromatic amines is 1. The van der Waals surface area contributed by atoms with Crippen molar-refractivity contribution in [3.63, 3.8) is 0 Å². The van der Waals surface area contributed by atoms with Gasteiger partial charge in [0, 0.05) is 29.2 Å². The first-order valence-electron chi connectivity index (χ1n) is 10.9. The highest BCUT2D eigenvalue weighted by atomic mass is 19.4. The predicted molar refractivity (Wildman–Crippen MR) is 130 cm³/mol. The highest BCUT2D eigenvalue weighted by molar-refractivity contribution is 5.99. The number of rotatable bonds is 9. The quantitative estimate of drug-likeness (QED) is 0.148. The summed E-state index contributed by atoms with van der Waals surface area (Å²) in [5.41, 5.74) is 8.91. The second-order valence-corrected chi connectivity index (χ2v) is 7.39. The number of nitrogens with one attached hydrogen (secondary N) is 2. The van der Waals surface area contributed by atoms with Gasteiger partial charge in [-0.1, -0.05) is 50.1 Å². The Balaban J connectivity index is 0.000000540. The van der Waals surface area contributed by atoms with Gasteiger partial charge in [0.25, 0.3) is 0 Å². The molecule has 3 aromatic rings. The Bertz CT molecular complexity index is 1130. The van der Waals surface area contributed by atoms with Crippen molar-refractivity contribution in [3.8, 4) is 5.75 Å². The number of carbonyl (C=O) groups is 1. The summed E-state index contributed by atoms with van der Waals surface area (Å²) >= 11 is 0. The minimum absolute atomic E-state index is 0.332. The number of fused-ring (bicyclic) bond motifs is 1. The summed E-state index contributed by atoms with van der Waals surface area (Å²) < 4.78 is 37.7. The highest BCUT2D eigenvalue weighted by Crippen LogP contribution is 2.23. The number of carboxylic acid groups (broad SMARTS) is 1. The molecule has 0 atom stereocenters. The summed E-state index contributed by atoms with van der Waals surface area (Å²) in [5.74, 6) is -1.61. The maximum atomic E-state index is 10.6. The number of halogens is 3. The first kappa shape index (κ1) is 27.2. The van der Waals surface area contributed by atoms with E-state index in [2.05, 4.69) is 27.4 Å². The van der Waals surface area contributed by atoms with Crippen molar-refractivity contribution in [2.24, 2.45) is 15.9 Å². The minimum atomic E-state index is -5.08. The third-order valence-electron chi connectivity index (χ3n) is 4.62. The number of nitrogens with zero attached hydrogens (tertiary/aromatic N) is 2. The van der Waals surface area contributed by atoms with Crippen molar-refractivity contribution in [2.75, 3.05) is 6.54 Å². The maximum Gasteiger partial charge on any atom is 0.490 e. The average Bonchev–Trinajstić information content (AvgIpc) is 3.23. The van der Waals surface area contributed by atoms with Crippen LogP contribution >= 0.6 is 0 Å². The zero-order valence-corrected chi connectivity index (χ0v) is 19.2. The lowest BCUT2D eigenvalue weighted by Gasteiger charge is -2.06. The molecule has 0 saturated carbocycles. The van der Waals surface area contributed by atoms with Crippen LogP contribution in [0.25, 0.3) is 10.9 Å². The molecule has 3 rings (SSSR count). The van der Waals surface area contributed by atoms with E-state index in [1.807, 2.05) is 54.7 Å². The van der Waals surface area contributed by atoms with E-state index in [9.17, 15) is 13.2 Å². The van der Waals surface area contributed by atoms with Gasteiger partial charge >= 0.3 is 12.1 Å². The van der Waals surface area contributed by atoms with E-state index in [0.717, 1.165) is 40.7 Å². The maximum absolute atomic E-state index is 10.6. The summed E-state index contributed by atoms with van der Waals surface area (Å²) in [6, 6.07) is 16.1. The Morgan fingerprint density at radius 2 is 1.91 bits per heavy atom. The topological polar surface area (TPSA) is 125 Å². The Morgan fingerprint density at radius 3 is 2.57 bits per heavy atom. The normalized spacial score (nSPS) is 11.8. The van der Waals surface area contributed by atoms with E-state index < -0.39 is 12.1 Å². The van der Waals surface area contributed by atoms with Gasteiger partial charge in [-0.15, -0.1) is 5.10 Å². The molecule has 0 fully saturated rings. The average molecular weight is 492 g/mol. The molecule has 0 saturated heterocycles. The number of aromatic nitrogens is 1. The SMILES string of the molecule is CCCCCNC(N)=NN=Cc1c[nH]c2ccc(OCc3ccccc3)cc12.O=C(O)C(F)(F)F. The van der Waals surface area contributed by atoms with E-state index in [4.69, 9.17) is 20.4 Å². The fraction of sp³-hybridized carbons (Fsp3) is 0.292. The van der Waals surface area contributed by atoms with Crippen LogP contribution < -0.4 is 15.8 Å². The molecule has 0 aliphatic rings. The molecule has 0 radical (unpaired) electrons. The fourth-order valence-corrected chi connectivity index (χ4v) is 2.84. The van der Waals surface area contributed by atoms with Gasteiger partial charge in [-0.3, -0.25) is 0 Å². The smallest absolute Gasteiger partial charge is 0.489 e. The standard InChI is InChI=1S/C22H27N5O.C2HF3O2/c1-2-3-7-12-24-22(23)27-26-15-18-14-25-21-11-10-19(13-20(18)21)28-16-17-8-5-4-6-9-17;3-2(4,5)1(6)7/h4-6,8-11,13-15,25H,2-3,7,12,16H2,1H3,(H3,23,24,27);(H,6,7). The molecule has 188 valence electrons. The third-order valence-corrected chi connectivity index (χ3v) is 4.62. The Kier molecular flexibility index (Phi) is 10.6. The fourth-order valence-electron chi connectivity index (χ4n) is 2.84. The molecule has 1 heterocycles. The molecular formula is C24H28F3N5O3. The molecule has 35 heavy (non-hydrogen) atoms. The zero-order valence-electron chi connectivity index (χ0n) is 19.2. The van der Waals surface area contributed by atoms with Crippen LogP contribution in [-0.4, -0.2) is 41.0 Å². The predicted octanol–water partition coefficient (Wildman–Crippen LogP) is 4.81. The highest BCUT2D eigenvalue weighted by Gasteiger charge is 2.38. The molecule has 0 aliphatic carbocycles. The van der Waals surface area contributed by atoms with Crippen LogP contribution in [0, 0.1) is 0 Å². The van der Waals surface area contributed by atoms with Crippen molar-refractivity contribution in [1.29, 1.82) is 0 Å². The number of aliphatic carboxylic acids is 1. The Labute approximate surface area is 200 Å². The van der Waals surface area contributed by atoms with Crippen LogP contribution in [0.2, 0.25) is 0 Å². The zero-order chi connectivity index (χ0) is 25.7. The molecule has 0 spiro atoms. The van der Waals surface area contributed by atoms with Crippen LogP contribution in [0.4, 0.5) is 13.2 Å². The molecule has 0 aliphatic heterocycles. The second kappa shape index (κ2) is 13.6. The molecule has 11 heteroatoms. The largest absolute Gasteiger partial charge is 0.490 e. The van der Waals surface area contributed by atoms with Gasteiger partial charge in [0.15, 0.2) is 0 Å². The summed E-state index contributed by atoms with van der Waals surface area (Å²) in [4.78, 5) is 12.1. The second-order valence-electron chi connectivity index (χ2n) is 7.39. The summed E-state index contributed by atoms with van der Waals surface area (Å²) in [6.45, 7) is 3.51. The number of nitrogens with two attached hydrogens (primary N) is 1. The van der Waals surface area contributed by atoms with Crippen molar-refractivity contribution in [1.82, 2.24) is 10.3 Å². The van der Waals surface area contributed by atoms with Crippen LogP contribution in [-0.2, 0) is 11.4 Å². The van der Waals surface area contributed by atoms with E-state index in [1.165, 1.54) is 12.8 Å². The summed E-state index contributed by atoms with van der Waals surface area (Å²) in [5, 5.41) is 19.3. The van der Waals surface area contributed by atoms with Crippen molar-refractivity contribution in [3.05, 3.63) is 65.9 Å². The van der Waals surface area contributed by atoms with Gasteiger partial charge < -0.3 is 25.9 Å². The van der Waals surface area contributed by atoms with Gasteiger partial charge in [0.1, 0.15) is 12.4 Å². The van der Waals surface area contributed by atoms with E-state index in [-0.39, 0.29) is 0 Å². The van der Waals surface area contributed by atoms with Gasteiger partial charge in [0.05, 0.1) is 6.21 Å². The summed E-state index contributed by atoms with van der Waals surface area (Å²) in [6.07, 6.45) is 1.93. The van der Waals surface area contributed by atoms with E-state index in [0.29, 0.717) is 12.6 Å². The van der Waals surface area contributed by atoms with Crippen LogP contribution in [0.5, 0.6) is 5.75 Å². The number of guanidine groups is 1.